The molecular formula is C22H16ClN3O3S. The van der Waals surface area contributed by atoms with Crippen LogP contribution in [0.15, 0.2) is 70.5 Å². The fourth-order valence-corrected chi connectivity index (χ4v) is 3.62. The van der Waals surface area contributed by atoms with Gasteiger partial charge < -0.3 is 9.73 Å². The highest BCUT2D eigenvalue weighted by atomic mass is 35.5. The average molecular weight is 438 g/mol. The molecule has 0 atom stereocenters. The molecule has 0 unspecified atom stereocenters. The van der Waals surface area contributed by atoms with Gasteiger partial charge >= 0.3 is 0 Å². The number of nitrogens with zero attached hydrogens (tertiary/aromatic N) is 1. The minimum Gasteiger partial charge on any atom is -0.451 e. The number of aromatic nitrogens is 1. The van der Waals surface area contributed by atoms with Crippen molar-refractivity contribution in [2.45, 2.75) is 6.92 Å². The van der Waals surface area contributed by atoms with Crippen molar-refractivity contribution in [2.75, 3.05) is 10.6 Å². The minimum atomic E-state index is -0.378. The van der Waals surface area contributed by atoms with E-state index < -0.39 is 0 Å². The van der Waals surface area contributed by atoms with Crippen LogP contribution in [0.4, 0.5) is 10.8 Å². The third-order valence-corrected chi connectivity index (χ3v) is 5.19. The second kappa shape index (κ2) is 8.52. The van der Waals surface area contributed by atoms with E-state index in [0.717, 1.165) is 16.8 Å². The number of thiazole rings is 1. The van der Waals surface area contributed by atoms with E-state index in [-0.39, 0.29) is 17.6 Å². The van der Waals surface area contributed by atoms with Gasteiger partial charge in [-0.15, -0.1) is 11.3 Å². The summed E-state index contributed by atoms with van der Waals surface area (Å²) in [5, 5.41) is 8.42. The van der Waals surface area contributed by atoms with Gasteiger partial charge in [0.1, 0.15) is 5.76 Å². The highest BCUT2D eigenvalue weighted by Crippen LogP contribution is 2.27. The first-order chi connectivity index (χ1) is 14.5. The van der Waals surface area contributed by atoms with Crippen LogP contribution < -0.4 is 10.6 Å². The van der Waals surface area contributed by atoms with Crippen LogP contribution in [0.1, 0.15) is 17.5 Å². The van der Waals surface area contributed by atoms with Crippen molar-refractivity contribution < 1.29 is 14.0 Å². The quantitative estimate of drug-likeness (QED) is 0.405. The zero-order valence-electron chi connectivity index (χ0n) is 15.8. The van der Waals surface area contributed by atoms with Crippen LogP contribution >= 0.6 is 22.9 Å². The first kappa shape index (κ1) is 19.9. The summed E-state index contributed by atoms with van der Waals surface area (Å²) in [6.07, 6.45) is 0. The van der Waals surface area contributed by atoms with Gasteiger partial charge in [-0.25, -0.2) is 4.98 Å². The van der Waals surface area contributed by atoms with Crippen LogP contribution in [0, 0.1) is 0 Å². The zero-order valence-corrected chi connectivity index (χ0v) is 17.4. The molecule has 2 heterocycles. The standard InChI is InChI=1S/C22H16ClN3O3S/c1-13(27)24-17-8-4-14(5-9-17)18-12-30-22(25-18)26-21(28)20-11-10-19(29-20)15-2-6-16(23)7-3-15/h2-12H,1H3,(H,24,27)(H,25,26,28). The Bertz CT molecular complexity index is 1200. The molecule has 30 heavy (non-hydrogen) atoms. The van der Waals surface area contributed by atoms with E-state index in [1.165, 1.54) is 18.3 Å². The number of hydrogen-bond donors (Lipinski definition) is 2. The Balaban J connectivity index is 1.44. The molecule has 2 N–H and O–H groups in total. The molecule has 150 valence electrons. The van der Waals surface area contributed by atoms with Gasteiger partial charge in [0.15, 0.2) is 10.9 Å². The average Bonchev–Trinajstić information content (AvgIpc) is 3.39. The Labute approximate surface area is 181 Å². The topological polar surface area (TPSA) is 84.2 Å². The number of furan rings is 1. The minimum absolute atomic E-state index is 0.126. The molecular weight excluding hydrogens is 422 g/mol. The zero-order chi connectivity index (χ0) is 21.1. The normalized spacial score (nSPS) is 10.6. The number of carbonyl (C=O) groups excluding carboxylic acids is 2. The molecule has 4 aromatic rings. The fourth-order valence-electron chi connectivity index (χ4n) is 2.78. The van der Waals surface area contributed by atoms with E-state index in [0.29, 0.717) is 21.6 Å². The van der Waals surface area contributed by atoms with Gasteiger partial charge in [-0.3, -0.25) is 14.9 Å². The van der Waals surface area contributed by atoms with E-state index in [4.69, 9.17) is 16.0 Å². The first-order valence-electron chi connectivity index (χ1n) is 8.98. The molecule has 0 aliphatic carbocycles. The molecule has 0 saturated carbocycles. The van der Waals surface area contributed by atoms with Gasteiger partial charge in [0.2, 0.25) is 5.91 Å². The maximum absolute atomic E-state index is 12.5. The van der Waals surface area contributed by atoms with Crippen molar-refractivity contribution in [2.24, 2.45) is 0 Å². The number of nitrogens with one attached hydrogen (secondary N) is 2. The number of hydrogen-bond acceptors (Lipinski definition) is 5. The summed E-state index contributed by atoms with van der Waals surface area (Å²) in [4.78, 5) is 28.1. The predicted molar refractivity (Wildman–Crippen MR) is 119 cm³/mol. The maximum atomic E-state index is 12.5. The Morgan fingerprint density at radius 3 is 2.33 bits per heavy atom. The molecule has 2 aromatic heterocycles. The Morgan fingerprint density at radius 2 is 1.63 bits per heavy atom. The molecule has 2 aromatic carbocycles. The SMILES string of the molecule is CC(=O)Nc1ccc(-c2csc(NC(=O)c3ccc(-c4ccc(Cl)cc4)o3)n2)cc1. The number of benzene rings is 2. The van der Waals surface area contributed by atoms with Crippen molar-refractivity contribution in [3.8, 4) is 22.6 Å². The van der Waals surface area contributed by atoms with Crippen LogP contribution in [0.2, 0.25) is 5.02 Å². The van der Waals surface area contributed by atoms with Crippen molar-refractivity contribution in [3.63, 3.8) is 0 Å². The number of anilines is 2. The lowest BCUT2D eigenvalue weighted by molar-refractivity contribution is -0.114. The van der Waals surface area contributed by atoms with Crippen LogP contribution in [0.25, 0.3) is 22.6 Å². The summed E-state index contributed by atoms with van der Waals surface area (Å²) in [6.45, 7) is 1.46. The molecule has 0 aliphatic rings. The monoisotopic (exact) mass is 437 g/mol. The molecule has 0 radical (unpaired) electrons. The van der Waals surface area contributed by atoms with Gasteiger partial charge in [0.25, 0.3) is 5.91 Å². The Hall–Kier alpha value is -3.42. The van der Waals surface area contributed by atoms with Crippen molar-refractivity contribution >= 4 is 45.6 Å². The second-order valence-corrected chi connectivity index (χ2v) is 7.72. The fraction of sp³-hybridized carbons (Fsp3) is 0.0455. The smallest absolute Gasteiger partial charge is 0.293 e. The molecule has 6 nitrogen and oxygen atoms in total. The lowest BCUT2D eigenvalue weighted by Crippen LogP contribution is -2.10. The van der Waals surface area contributed by atoms with Crippen LogP contribution in [0.3, 0.4) is 0 Å². The van der Waals surface area contributed by atoms with E-state index in [1.54, 1.807) is 36.4 Å². The summed E-state index contributed by atoms with van der Waals surface area (Å²) in [5.74, 6) is 0.267. The van der Waals surface area contributed by atoms with Gasteiger partial charge in [-0.1, -0.05) is 23.7 Å². The summed E-state index contributed by atoms with van der Waals surface area (Å²) in [5.41, 5.74) is 3.15. The molecule has 0 bridgehead atoms. The molecule has 0 fully saturated rings. The highest BCUT2D eigenvalue weighted by Gasteiger charge is 2.15. The van der Waals surface area contributed by atoms with Crippen molar-refractivity contribution in [3.05, 3.63) is 76.8 Å². The van der Waals surface area contributed by atoms with E-state index in [2.05, 4.69) is 15.6 Å². The number of amides is 2. The van der Waals surface area contributed by atoms with Crippen molar-refractivity contribution in [1.29, 1.82) is 0 Å². The molecule has 2 amide bonds. The van der Waals surface area contributed by atoms with Gasteiger partial charge in [-0.05, 0) is 48.5 Å². The summed E-state index contributed by atoms with van der Waals surface area (Å²) in [7, 11) is 0. The summed E-state index contributed by atoms with van der Waals surface area (Å²) >= 11 is 7.22. The van der Waals surface area contributed by atoms with Crippen LogP contribution in [-0.4, -0.2) is 16.8 Å². The predicted octanol–water partition coefficient (Wildman–Crippen LogP) is 5.93. The number of rotatable bonds is 5. The Kier molecular flexibility index (Phi) is 5.65. The first-order valence-corrected chi connectivity index (χ1v) is 10.2. The second-order valence-electron chi connectivity index (χ2n) is 6.42. The molecule has 0 spiro atoms. The lowest BCUT2D eigenvalue weighted by Gasteiger charge is -2.02. The van der Waals surface area contributed by atoms with Crippen molar-refractivity contribution in [1.82, 2.24) is 4.98 Å². The largest absolute Gasteiger partial charge is 0.451 e. The van der Waals surface area contributed by atoms with Crippen LogP contribution in [0.5, 0.6) is 0 Å². The van der Waals surface area contributed by atoms with Gasteiger partial charge in [0.05, 0.1) is 5.69 Å². The maximum Gasteiger partial charge on any atom is 0.293 e. The molecule has 8 heteroatoms. The third-order valence-electron chi connectivity index (χ3n) is 4.18. The van der Waals surface area contributed by atoms with E-state index in [1.807, 2.05) is 29.6 Å². The lowest BCUT2D eigenvalue weighted by atomic mass is 10.1. The van der Waals surface area contributed by atoms with E-state index >= 15 is 0 Å². The summed E-state index contributed by atoms with van der Waals surface area (Å²) in [6, 6.07) is 17.9. The molecule has 4 rings (SSSR count). The van der Waals surface area contributed by atoms with Crippen LogP contribution in [-0.2, 0) is 4.79 Å². The number of carbonyl (C=O) groups is 2. The Morgan fingerprint density at radius 1 is 0.933 bits per heavy atom. The number of halogens is 1. The molecule has 0 aliphatic heterocycles. The third kappa shape index (κ3) is 4.59. The van der Waals surface area contributed by atoms with Gasteiger partial charge in [-0.2, -0.15) is 0 Å². The van der Waals surface area contributed by atoms with E-state index in [9.17, 15) is 9.59 Å². The molecule has 0 saturated heterocycles. The van der Waals surface area contributed by atoms with Gasteiger partial charge in [0, 0.05) is 34.1 Å². The highest BCUT2D eigenvalue weighted by molar-refractivity contribution is 7.14. The summed E-state index contributed by atoms with van der Waals surface area (Å²) < 4.78 is 5.67.